The van der Waals surface area contributed by atoms with Gasteiger partial charge in [0.1, 0.15) is 12.1 Å². The number of amides is 4. The average Bonchev–Trinajstić information content (AvgIpc) is 3.08. The van der Waals surface area contributed by atoms with E-state index < -0.39 is 23.8 Å². The van der Waals surface area contributed by atoms with Crippen molar-refractivity contribution in [3.8, 4) is 0 Å². The molecule has 1 N–H and O–H groups in total. The maximum atomic E-state index is 13.1. The number of carbonyl (C=O) groups excluding carboxylic acids is 4. The molecule has 9 heteroatoms. The molecule has 0 unspecified atom stereocenters. The Labute approximate surface area is 185 Å². The van der Waals surface area contributed by atoms with Gasteiger partial charge in [-0.3, -0.25) is 19.7 Å². The molecule has 1 aromatic heterocycles. The quantitative estimate of drug-likeness (QED) is 0.350. The summed E-state index contributed by atoms with van der Waals surface area (Å²) in [4.78, 5) is 50.6. The van der Waals surface area contributed by atoms with Crippen molar-refractivity contribution in [1.29, 1.82) is 0 Å². The summed E-state index contributed by atoms with van der Waals surface area (Å²) in [7, 11) is 1.30. The van der Waals surface area contributed by atoms with Gasteiger partial charge in [-0.1, -0.05) is 40.2 Å². The number of esters is 1. The van der Waals surface area contributed by atoms with Crippen LogP contribution >= 0.6 is 15.9 Å². The van der Waals surface area contributed by atoms with Crippen LogP contribution in [-0.2, 0) is 25.7 Å². The average molecular weight is 482 g/mol. The first-order valence-corrected chi connectivity index (χ1v) is 10.00. The van der Waals surface area contributed by atoms with Gasteiger partial charge in [-0.25, -0.2) is 9.69 Å². The number of halogens is 1. The molecule has 1 fully saturated rings. The molecule has 0 atom stereocenters. The Kier molecular flexibility index (Phi) is 5.43. The Morgan fingerprint density at radius 1 is 1.13 bits per heavy atom. The maximum Gasteiger partial charge on any atom is 0.335 e. The molecular formula is C22H16BrN3O5. The van der Waals surface area contributed by atoms with Gasteiger partial charge < -0.3 is 9.30 Å². The maximum absolute atomic E-state index is 13.1. The van der Waals surface area contributed by atoms with Gasteiger partial charge in [-0.2, -0.15) is 0 Å². The summed E-state index contributed by atoms with van der Waals surface area (Å²) in [5, 5.41) is 2.95. The molecule has 1 aliphatic rings. The number of para-hydroxylation sites is 1. The Bertz CT molecular complexity index is 1280. The van der Waals surface area contributed by atoms with E-state index in [4.69, 9.17) is 4.74 Å². The van der Waals surface area contributed by atoms with Crippen LogP contribution in [0.2, 0.25) is 0 Å². The number of fused-ring (bicyclic) bond motifs is 1. The molecule has 2 heterocycles. The summed E-state index contributed by atoms with van der Waals surface area (Å²) < 4.78 is 7.10. The third-order valence-corrected chi connectivity index (χ3v) is 5.31. The predicted octanol–water partition coefficient (Wildman–Crippen LogP) is 3.24. The molecular weight excluding hydrogens is 466 g/mol. The Balaban J connectivity index is 1.79. The number of benzene rings is 2. The fourth-order valence-corrected chi connectivity index (χ4v) is 3.77. The zero-order valence-electron chi connectivity index (χ0n) is 16.3. The van der Waals surface area contributed by atoms with Gasteiger partial charge in [0.25, 0.3) is 11.8 Å². The highest BCUT2D eigenvalue weighted by Gasteiger charge is 2.37. The number of rotatable bonds is 4. The number of hydrogen-bond donors (Lipinski definition) is 1. The number of nitrogens with zero attached hydrogens (tertiary/aromatic N) is 2. The number of methoxy groups -OCH3 is 1. The van der Waals surface area contributed by atoms with E-state index in [1.807, 2.05) is 24.3 Å². The van der Waals surface area contributed by atoms with E-state index in [9.17, 15) is 19.2 Å². The fraction of sp³-hybridized carbons (Fsp3) is 0.0909. The molecule has 4 rings (SSSR count). The molecule has 0 bridgehead atoms. The molecule has 0 radical (unpaired) electrons. The SMILES string of the molecule is COC(=O)Cn1cc(/C=C2/C(=O)NC(=O)N(c3cccc(Br)c3)C2=O)c2ccccc21. The zero-order chi connectivity index (χ0) is 22.1. The van der Waals surface area contributed by atoms with Crippen molar-refractivity contribution in [2.75, 3.05) is 12.0 Å². The summed E-state index contributed by atoms with van der Waals surface area (Å²) in [6, 6.07) is 13.1. The summed E-state index contributed by atoms with van der Waals surface area (Å²) in [5.41, 5.74) is 1.42. The smallest absolute Gasteiger partial charge is 0.335 e. The molecule has 1 saturated heterocycles. The van der Waals surface area contributed by atoms with Crippen LogP contribution in [0.15, 0.2) is 64.8 Å². The van der Waals surface area contributed by atoms with Crippen molar-refractivity contribution in [2.45, 2.75) is 6.54 Å². The summed E-state index contributed by atoms with van der Waals surface area (Å²) in [6.07, 6.45) is 3.08. The van der Waals surface area contributed by atoms with Crippen LogP contribution in [0.1, 0.15) is 5.56 Å². The minimum absolute atomic E-state index is 0.0248. The molecule has 31 heavy (non-hydrogen) atoms. The third kappa shape index (κ3) is 3.87. The number of ether oxygens (including phenoxy) is 1. The highest BCUT2D eigenvalue weighted by Crippen LogP contribution is 2.27. The van der Waals surface area contributed by atoms with Crippen LogP contribution in [0, 0.1) is 0 Å². The minimum Gasteiger partial charge on any atom is -0.468 e. The van der Waals surface area contributed by atoms with Crippen molar-refractivity contribution in [1.82, 2.24) is 9.88 Å². The Hall–Kier alpha value is -3.72. The molecule has 4 amide bonds. The molecule has 156 valence electrons. The zero-order valence-corrected chi connectivity index (χ0v) is 17.9. The first kappa shape index (κ1) is 20.5. The highest BCUT2D eigenvalue weighted by atomic mass is 79.9. The highest BCUT2D eigenvalue weighted by molar-refractivity contribution is 9.10. The lowest BCUT2D eigenvalue weighted by atomic mass is 10.1. The summed E-state index contributed by atoms with van der Waals surface area (Å²) in [6.45, 7) is -0.0248. The van der Waals surface area contributed by atoms with Crippen LogP contribution in [0.4, 0.5) is 10.5 Å². The van der Waals surface area contributed by atoms with Gasteiger partial charge in [0.2, 0.25) is 0 Å². The lowest BCUT2D eigenvalue weighted by molar-refractivity contribution is -0.141. The van der Waals surface area contributed by atoms with E-state index in [1.54, 1.807) is 35.0 Å². The number of barbiturate groups is 1. The van der Waals surface area contributed by atoms with Gasteiger partial charge in [0.15, 0.2) is 0 Å². The van der Waals surface area contributed by atoms with Crippen molar-refractivity contribution in [3.63, 3.8) is 0 Å². The Morgan fingerprint density at radius 3 is 2.65 bits per heavy atom. The lowest BCUT2D eigenvalue weighted by Crippen LogP contribution is -2.54. The van der Waals surface area contributed by atoms with Crippen LogP contribution in [-0.4, -0.2) is 35.5 Å². The number of hydrogen-bond acceptors (Lipinski definition) is 5. The fourth-order valence-electron chi connectivity index (χ4n) is 3.39. The van der Waals surface area contributed by atoms with Crippen molar-refractivity contribution < 1.29 is 23.9 Å². The van der Waals surface area contributed by atoms with Crippen molar-refractivity contribution >= 4 is 62.4 Å². The van der Waals surface area contributed by atoms with E-state index in [0.717, 1.165) is 15.8 Å². The summed E-state index contributed by atoms with van der Waals surface area (Å²) in [5.74, 6) is -1.96. The van der Waals surface area contributed by atoms with Gasteiger partial charge in [0.05, 0.1) is 12.8 Å². The molecule has 0 aliphatic carbocycles. The van der Waals surface area contributed by atoms with Gasteiger partial charge in [-0.05, 0) is 30.3 Å². The third-order valence-electron chi connectivity index (χ3n) is 4.81. The number of urea groups is 1. The van der Waals surface area contributed by atoms with Crippen LogP contribution in [0.3, 0.4) is 0 Å². The number of carbonyl (C=O) groups is 4. The van der Waals surface area contributed by atoms with Crippen LogP contribution in [0.5, 0.6) is 0 Å². The first-order valence-electron chi connectivity index (χ1n) is 9.21. The second-order valence-electron chi connectivity index (χ2n) is 6.74. The largest absolute Gasteiger partial charge is 0.468 e. The van der Waals surface area contributed by atoms with Gasteiger partial charge in [0, 0.05) is 27.1 Å². The normalized spacial score (nSPS) is 15.5. The monoisotopic (exact) mass is 481 g/mol. The molecule has 8 nitrogen and oxygen atoms in total. The number of aromatic nitrogens is 1. The molecule has 2 aromatic carbocycles. The number of nitrogens with one attached hydrogen (secondary N) is 1. The summed E-state index contributed by atoms with van der Waals surface area (Å²) >= 11 is 3.31. The predicted molar refractivity (Wildman–Crippen MR) is 117 cm³/mol. The molecule has 1 aliphatic heterocycles. The van der Waals surface area contributed by atoms with Crippen molar-refractivity contribution in [2.24, 2.45) is 0 Å². The number of imide groups is 2. The van der Waals surface area contributed by atoms with Crippen LogP contribution < -0.4 is 10.2 Å². The van der Waals surface area contributed by atoms with E-state index in [0.29, 0.717) is 15.7 Å². The Morgan fingerprint density at radius 2 is 1.90 bits per heavy atom. The minimum atomic E-state index is -0.821. The van der Waals surface area contributed by atoms with Gasteiger partial charge >= 0.3 is 12.0 Å². The van der Waals surface area contributed by atoms with E-state index >= 15 is 0 Å². The van der Waals surface area contributed by atoms with E-state index in [1.165, 1.54) is 13.2 Å². The molecule has 0 saturated carbocycles. The van der Waals surface area contributed by atoms with E-state index in [-0.39, 0.29) is 12.1 Å². The molecule has 0 spiro atoms. The number of anilines is 1. The topological polar surface area (TPSA) is 97.7 Å². The second kappa shape index (κ2) is 8.19. The van der Waals surface area contributed by atoms with E-state index in [2.05, 4.69) is 21.2 Å². The first-order chi connectivity index (χ1) is 14.9. The van der Waals surface area contributed by atoms with Crippen molar-refractivity contribution in [3.05, 3.63) is 70.3 Å². The van der Waals surface area contributed by atoms with Gasteiger partial charge in [-0.15, -0.1) is 0 Å². The standard InChI is InChI=1S/C22H16BrN3O5/c1-31-19(27)12-25-11-13(16-7-2-3-8-18(16)25)9-17-20(28)24-22(30)26(21(17)29)15-6-4-5-14(23)10-15/h2-11H,12H2,1H3,(H,24,28,30)/b17-9-. The molecule has 3 aromatic rings. The lowest BCUT2D eigenvalue weighted by Gasteiger charge is -2.26. The second-order valence-corrected chi connectivity index (χ2v) is 7.66. The van der Waals surface area contributed by atoms with Crippen LogP contribution in [0.25, 0.3) is 17.0 Å².